The van der Waals surface area contributed by atoms with Crippen LogP contribution in [0.15, 0.2) is 192 Å². The zero-order valence-electron chi connectivity index (χ0n) is 30.9. The fourth-order valence-electron chi connectivity index (χ4n) is 6.65. The van der Waals surface area contributed by atoms with Crippen molar-refractivity contribution in [3.05, 3.63) is 188 Å². The number of hydrogen-bond donors (Lipinski definition) is 0. The first-order valence-electron chi connectivity index (χ1n) is 18.4. The highest BCUT2D eigenvalue weighted by molar-refractivity contribution is 6.19. The standard InChI is InChI=1S/C46H31NO/c1-4-13-32(14-5-1)35-17-12-20-39(29-35)47(37-18-8-3-9-19-37)38-26-23-33(24-27-38)36-25-28-41-44-31-43(34-15-6-2-7-16-34)40-21-10-11-22-42(40)46(44)48-45(41)30-36/h1-31H/i2D,6D,7D,15D,16D. The molecule has 0 spiro atoms. The summed E-state index contributed by atoms with van der Waals surface area (Å²) in [6.45, 7) is 0. The van der Waals surface area contributed by atoms with Crippen molar-refractivity contribution in [3.8, 4) is 33.4 Å². The Morgan fingerprint density at radius 2 is 1.00 bits per heavy atom. The summed E-state index contributed by atoms with van der Waals surface area (Å²) in [6.07, 6.45) is 0. The number of benzene rings is 8. The van der Waals surface area contributed by atoms with E-state index in [2.05, 4.69) is 108 Å². The molecule has 0 aliphatic rings. The maximum atomic E-state index is 8.69. The van der Waals surface area contributed by atoms with E-state index in [1.165, 1.54) is 0 Å². The van der Waals surface area contributed by atoms with Gasteiger partial charge in [-0.3, -0.25) is 0 Å². The van der Waals surface area contributed by atoms with Crippen LogP contribution in [-0.2, 0) is 0 Å². The van der Waals surface area contributed by atoms with E-state index in [1.54, 1.807) is 0 Å². The molecule has 0 radical (unpaired) electrons. The quantitative estimate of drug-likeness (QED) is 0.184. The maximum Gasteiger partial charge on any atom is 0.143 e. The van der Waals surface area contributed by atoms with E-state index < -0.39 is 6.04 Å². The lowest BCUT2D eigenvalue weighted by Crippen LogP contribution is -2.09. The van der Waals surface area contributed by atoms with Crippen LogP contribution in [0.4, 0.5) is 17.1 Å². The van der Waals surface area contributed by atoms with Crippen LogP contribution in [0.5, 0.6) is 0 Å². The average Bonchev–Trinajstić information content (AvgIpc) is 3.59. The lowest BCUT2D eigenvalue weighted by molar-refractivity contribution is 0.673. The molecule has 0 saturated heterocycles. The van der Waals surface area contributed by atoms with E-state index in [1.807, 2.05) is 54.6 Å². The van der Waals surface area contributed by atoms with Gasteiger partial charge in [0.25, 0.3) is 0 Å². The fraction of sp³-hybridized carbons (Fsp3) is 0. The van der Waals surface area contributed by atoms with Gasteiger partial charge in [0.1, 0.15) is 11.2 Å². The van der Waals surface area contributed by atoms with Crippen molar-refractivity contribution in [3.63, 3.8) is 0 Å². The summed E-state index contributed by atoms with van der Waals surface area (Å²) < 4.78 is 48.6. The van der Waals surface area contributed by atoms with Gasteiger partial charge in [0.05, 0.1) is 6.85 Å². The van der Waals surface area contributed by atoms with Crippen molar-refractivity contribution >= 4 is 49.8 Å². The zero-order valence-corrected chi connectivity index (χ0v) is 25.9. The third kappa shape index (κ3) is 4.92. The Balaban J connectivity index is 1.13. The molecule has 1 heterocycles. The van der Waals surface area contributed by atoms with Gasteiger partial charge in [-0.1, -0.05) is 133 Å². The first kappa shape index (κ1) is 23.0. The third-order valence-corrected chi connectivity index (χ3v) is 8.93. The maximum absolute atomic E-state index is 8.69. The molecule has 0 bridgehead atoms. The lowest BCUT2D eigenvalue weighted by atomic mass is 9.95. The van der Waals surface area contributed by atoms with Crippen molar-refractivity contribution in [2.75, 3.05) is 4.90 Å². The molecule has 0 fully saturated rings. The second kappa shape index (κ2) is 11.8. The Labute approximate surface area is 286 Å². The number of furan rings is 1. The summed E-state index contributed by atoms with van der Waals surface area (Å²) in [5.74, 6) is 0. The second-order valence-corrected chi connectivity index (χ2v) is 11.8. The van der Waals surface area contributed by atoms with Crippen LogP contribution in [0.3, 0.4) is 0 Å². The monoisotopic (exact) mass is 618 g/mol. The van der Waals surface area contributed by atoms with Gasteiger partial charge in [0.2, 0.25) is 0 Å². The van der Waals surface area contributed by atoms with E-state index in [9.17, 15) is 0 Å². The van der Waals surface area contributed by atoms with Crippen molar-refractivity contribution in [1.29, 1.82) is 0 Å². The summed E-state index contributed by atoms with van der Waals surface area (Å²) >= 11 is 0. The molecule has 2 heteroatoms. The van der Waals surface area contributed by atoms with Crippen molar-refractivity contribution in [1.82, 2.24) is 0 Å². The van der Waals surface area contributed by atoms with Crippen LogP contribution in [0.25, 0.3) is 66.1 Å². The molecule has 0 atom stereocenters. The van der Waals surface area contributed by atoms with Gasteiger partial charge in [0.15, 0.2) is 0 Å². The Hall–Kier alpha value is -6.38. The molecule has 0 amide bonds. The van der Waals surface area contributed by atoms with Crippen LogP contribution >= 0.6 is 0 Å². The molecule has 8 aromatic carbocycles. The number of nitrogens with zero attached hydrogens (tertiary/aromatic N) is 1. The van der Waals surface area contributed by atoms with Crippen LogP contribution in [0, 0.1) is 0 Å². The van der Waals surface area contributed by atoms with E-state index in [0.717, 1.165) is 60.9 Å². The number of anilines is 3. The summed E-state index contributed by atoms with van der Waals surface area (Å²) in [4.78, 5) is 2.26. The van der Waals surface area contributed by atoms with Gasteiger partial charge in [-0.2, -0.15) is 0 Å². The molecular formula is C46H31NO. The van der Waals surface area contributed by atoms with Gasteiger partial charge in [-0.05, 0) is 93.4 Å². The van der Waals surface area contributed by atoms with Crippen molar-refractivity contribution in [2.24, 2.45) is 0 Å². The molecular weight excluding hydrogens is 583 g/mol. The van der Waals surface area contributed by atoms with Gasteiger partial charge < -0.3 is 9.32 Å². The van der Waals surface area contributed by atoms with Crippen LogP contribution in [-0.4, -0.2) is 0 Å². The van der Waals surface area contributed by atoms with E-state index in [0.29, 0.717) is 16.7 Å². The molecule has 0 unspecified atom stereocenters. The molecule has 0 N–H and O–H groups in total. The first-order chi connectivity index (χ1) is 25.9. The number of rotatable bonds is 6. The second-order valence-electron chi connectivity index (χ2n) is 11.8. The molecule has 9 aromatic rings. The predicted octanol–water partition coefficient (Wildman–Crippen LogP) is 13.2. The smallest absolute Gasteiger partial charge is 0.143 e. The van der Waals surface area contributed by atoms with Crippen molar-refractivity contribution < 1.29 is 11.3 Å². The van der Waals surface area contributed by atoms with Gasteiger partial charge in [0, 0.05) is 33.2 Å². The first-order valence-corrected chi connectivity index (χ1v) is 15.9. The molecule has 226 valence electrons. The van der Waals surface area contributed by atoms with E-state index >= 15 is 0 Å². The van der Waals surface area contributed by atoms with E-state index in [4.69, 9.17) is 11.3 Å². The normalized spacial score (nSPS) is 12.8. The molecule has 2 nitrogen and oxygen atoms in total. The lowest BCUT2D eigenvalue weighted by Gasteiger charge is -2.26. The molecule has 48 heavy (non-hydrogen) atoms. The Morgan fingerprint density at radius 3 is 1.79 bits per heavy atom. The van der Waals surface area contributed by atoms with Crippen molar-refractivity contribution in [2.45, 2.75) is 0 Å². The number of fused-ring (bicyclic) bond motifs is 5. The summed E-state index contributed by atoms with van der Waals surface area (Å²) in [7, 11) is 0. The predicted molar refractivity (Wildman–Crippen MR) is 202 cm³/mol. The molecule has 9 rings (SSSR count). The van der Waals surface area contributed by atoms with E-state index in [-0.39, 0.29) is 29.7 Å². The van der Waals surface area contributed by atoms with Crippen LogP contribution < -0.4 is 4.90 Å². The Morgan fingerprint density at radius 1 is 0.396 bits per heavy atom. The molecule has 0 aliphatic heterocycles. The zero-order chi connectivity index (χ0) is 36.2. The highest BCUT2D eigenvalue weighted by Crippen LogP contribution is 2.41. The van der Waals surface area contributed by atoms with Crippen LogP contribution in [0.1, 0.15) is 6.85 Å². The number of para-hydroxylation sites is 1. The minimum absolute atomic E-state index is 0.177. The average molecular weight is 619 g/mol. The summed E-state index contributed by atoms with van der Waals surface area (Å²) in [5, 5.41) is 3.27. The van der Waals surface area contributed by atoms with Gasteiger partial charge >= 0.3 is 0 Å². The highest BCUT2D eigenvalue weighted by Gasteiger charge is 2.17. The molecule has 0 aliphatic carbocycles. The SMILES string of the molecule is [2H]c1c([2H])c([2H])c(-c2cc3c4ccc(-c5ccc(N(c6ccccc6)c6cccc(-c7ccccc7)c6)cc5)cc4oc3c3ccccc23)c([2H])c1[2H]. The number of hydrogen-bond acceptors (Lipinski definition) is 2. The van der Waals surface area contributed by atoms with Gasteiger partial charge in [-0.25, -0.2) is 0 Å². The summed E-state index contributed by atoms with van der Waals surface area (Å²) in [5.41, 5.74) is 9.63. The molecule has 0 saturated carbocycles. The summed E-state index contributed by atoms with van der Waals surface area (Å²) in [6, 6.07) is 52.0. The fourth-order valence-corrected chi connectivity index (χ4v) is 6.65. The van der Waals surface area contributed by atoms with Crippen LogP contribution in [0.2, 0.25) is 0 Å². The topological polar surface area (TPSA) is 16.4 Å². The highest BCUT2D eigenvalue weighted by atomic mass is 16.3. The largest absolute Gasteiger partial charge is 0.455 e. The minimum Gasteiger partial charge on any atom is -0.455 e. The minimum atomic E-state index is -0.409. The third-order valence-electron chi connectivity index (χ3n) is 8.93. The Kier molecular flexibility index (Phi) is 5.64. The Bertz CT molecular complexity index is 2800. The van der Waals surface area contributed by atoms with Gasteiger partial charge in [-0.15, -0.1) is 0 Å². The molecule has 1 aromatic heterocycles.